The van der Waals surface area contributed by atoms with Crippen molar-refractivity contribution < 1.29 is 9.53 Å². The van der Waals surface area contributed by atoms with Crippen LogP contribution in [0, 0.1) is 13.8 Å². The highest BCUT2D eigenvalue weighted by molar-refractivity contribution is 7.22. The van der Waals surface area contributed by atoms with Gasteiger partial charge in [0.05, 0.1) is 23.4 Å². The number of fused-ring (bicyclic) bond motifs is 1. The van der Waals surface area contributed by atoms with Gasteiger partial charge < -0.3 is 4.74 Å². The first-order valence-electron chi connectivity index (χ1n) is 10.3. The number of amides is 1. The lowest BCUT2D eigenvalue weighted by molar-refractivity contribution is 0.0376. The Bertz CT molecular complexity index is 1030. The van der Waals surface area contributed by atoms with Crippen molar-refractivity contribution in [3.63, 3.8) is 0 Å². The Kier molecular flexibility index (Phi) is 8.30. The third-order valence-electron chi connectivity index (χ3n) is 5.47. The number of hydrogen-bond donors (Lipinski definition) is 0. The van der Waals surface area contributed by atoms with E-state index in [1.807, 2.05) is 55.1 Å². The van der Waals surface area contributed by atoms with Crippen LogP contribution in [-0.4, -0.2) is 55.2 Å². The predicted molar refractivity (Wildman–Crippen MR) is 131 cm³/mol. The van der Waals surface area contributed by atoms with Crippen LogP contribution >= 0.6 is 35.3 Å². The quantitative estimate of drug-likeness (QED) is 0.477. The van der Waals surface area contributed by atoms with Crippen LogP contribution in [-0.2, 0) is 4.74 Å². The summed E-state index contributed by atoms with van der Waals surface area (Å²) >= 11 is 7.83. The van der Waals surface area contributed by atoms with Gasteiger partial charge in [-0.05, 0) is 50.1 Å². The second kappa shape index (κ2) is 10.7. The lowest BCUT2D eigenvalue weighted by atomic mass is 10.1. The Balaban J connectivity index is 0.00000272. The number of nitrogens with zero attached hydrogens (tertiary/aromatic N) is 3. The Hall–Kier alpha value is -1.70. The van der Waals surface area contributed by atoms with Crippen molar-refractivity contribution in [2.24, 2.45) is 0 Å². The molecule has 3 aromatic rings. The highest BCUT2D eigenvalue weighted by atomic mass is 35.5. The molecule has 0 saturated carbocycles. The first-order valence-corrected chi connectivity index (χ1v) is 11.5. The number of aromatic nitrogens is 1. The van der Waals surface area contributed by atoms with Gasteiger partial charge in [0.25, 0.3) is 5.91 Å². The van der Waals surface area contributed by atoms with Crippen LogP contribution in [0.5, 0.6) is 0 Å². The van der Waals surface area contributed by atoms with Gasteiger partial charge in [0.2, 0.25) is 0 Å². The van der Waals surface area contributed by atoms with E-state index in [9.17, 15) is 4.79 Å². The largest absolute Gasteiger partial charge is 0.379 e. The number of hydrogen-bond acceptors (Lipinski definition) is 5. The van der Waals surface area contributed by atoms with Crippen LogP contribution in [0.2, 0.25) is 5.02 Å². The standard InChI is InChI=1S/C23H26ClN3O2S.ClH/c1-16-4-6-18(7-5-16)22(28)27(11-3-10-26-12-14-29-15-13-26)23-25-21-17(2)19(24)8-9-20(21)30-23;/h4-9H,3,10-15H2,1-2H3;1H. The van der Waals surface area contributed by atoms with Gasteiger partial charge in [-0.25, -0.2) is 4.98 Å². The molecule has 1 aliphatic rings. The average molecular weight is 480 g/mol. The average Bonchev–Trinajstić information content (AvgIpc) is 3.19. The summed E-state index contributed by atoms with van der Waals surface area (Å²) in [7, 11) is 0. The molecule has 166 valence electrons. The fraction of sp³-hybridized carbons (Fsp3) is 0.391. The highest BCUT2D eigenvalue weighted by Crippen LogP contribution is 2.34. The molecule has 0 radical (unpaired) electrons. The fourth-order valence-electron chi connectivity index (χ4n) is 3.62. The molecule has 1 saturated heterocycles. The first kappa shape index (κ1) is 24.0. The SMILES string of the molecule is Cc1ccc(C(=O)N(CCCN2CCOCC2)c2nc3c(C)c(Cl)ccc3s2)cc1.Cl. The van der Waals surface area contributed by atoms with E-state index in [4.69, 9.17) is 21.3 Å². The van der Waals surface area contributed by atoms with Crippen LogP contribution in [0.3, 0.4) is 0 Å². The molecular weight excluding hydrogens is 453 g/mol. The van der Waals surface area contributed by atoms with E-state index in [2.05, 4.69) is 4.90 Å². The maximum absolute atomic E-state index is 13.4. The molecule has 0 spiro atoms. The zero-order valence-corrected chi connectivity index (χ0v) is 20.2. The van der Waals surface area contributed by atoms with E-state index >= 15 is 0 Å². The molecule has 0 aliphatic carbocycles. The van der Waals surface area contributed by atoms with E-state index in [0.717, 1.165) is 65.7 Å². The van der Waals surface area contributed by atoms with Gasteiger partial charge >= 0.3 is 0 Å². The molecule has 2 heterocycles. The topological polar surface area (TPSA) is 45.7 Å². The summed E-state index contributed by atoms with van der Waals surface area (Å²) < 4.78 is 6.47. The van der Waals surface area contributed by atoms with Gasteiger partial charge in [0, 0.05) is 36.8 Å². The maximum atomic E-state index is 13.4. The summed E-state index contributed by atoms with van der Waals surface area (Å²) in [5.74, 6) is -0.0141. The van der Waals surface area contributed by atoms with Crippen LogP contribution in [0.15, 0.2) is 36.4 Å². The van der Waals surface area contributed by atoms with E-state index in [-0.39, 0.29) is 18.3 Å². The normalized spacial score (nSPS) is 14.4. The number of carbonyl (C=O) groups is 1. The van der Waals surface area contributed by atoms with Crippen LogP contribution in [0.25, 0.3) is 10.2 Å². The predicted octanol–water partition coefficient (Wildman–Crippen LogP) is 5.36. The Morgan fingerprint density at radius 1 is 1.16 bits per heavy atom. The molecule has 1 fully saturated rings. The van der Waals surface area contributed by atoms with E-state index in [1.54, 1.807) is 11.3 Å². The zero-order chi connectivity index (χ0) is 21.1. The highest BCUT2D eigenvalue weighted by Gasteiger charge is 2.22. The number of aryl methyl sites for hydroxylation is 2. The van der Waals surface area contributed by atoms with Crippen LogP contribution < -0.4 is 4.90 Å². The van der Waals surface area contributed by atoms with Gasteiger partial charge in [0.1, 0.15) is 0 Å². The summed E-state index contributed by atoms with van der Waals surface area (Å²) in [5.41, 5.74) is 3.64. The number of anilines is 1. The minimum Gasteiger partial charge on any atom is -0.379 e. The van der Waals surface area contributed by atoms with Crippen LogP contribution in [0.4, 0.5) is 5.13 Å². The van der Waals surface area contributed by atoms with Crippen molar-refractivity contribution >= 4 is 56.6 Å². The molecule has 0 N–H and O–H groups in total. The minimum atomic E-state index is -0.0141. The van der Waals surface area contributed by atoms with E-state index in [1.165, 1.54) is 0 Å². The summed E-state index contributed by atoms with van der Waals surface area (Å²) in [6, 6.07) is 11.6. The maximum Gasteiger partial charge on any atom is 0.260 e. The molecule has 31 heavy (non-hydrogen) atoms. The lowest BCUT2D eigenvalue weighted by Gasteiger charge is -2.27. The second-order valence-electron chi connectivity index (χ2n) is 7.65. The number of halogens is 2. The number of benzene rings is 2. The van der Waals surface area contributed by atoms with Gasteiger partial charge in [0.15, 0.2) is 5.13 Å². The molecule has 0 bridgehead atoms. The fourth-order valence-corrected chi connectivity index (χ4v) is 4.82. The van der Waals surface area contributed by atoms with E-state index < -0.39 is 0 Å². The van der Waals surface area contributed by atoms with Gasteiger partial charge in [-0.15, -0.1) is 12.4 Å². The second-order valence-corrected chi connectivity index (χ2v) is 9.06. The molecule has 0 atom stereocenters. The minimum absolute atomic E-state index is 0. The third kappa shape index (κ3) is 5.57. The summed E-state index contributed by atoms with van der Waals surface area (Å²) in [4.78, 5) is 22.4. The Morgan fingerprint density at radius 2 is 1.87 bits per heavy atom. The van der Waals surface area contributed by atoms with Crippen molar-refractivity contribution in [3.8, 4) is 0 Å². The monoisotopic (exact) mass is 479 g/mol. The molecule has 2 aromatic carbocycles. The molecule has 1 aliphatic heterocycles. The summed E-state index contributed by atoms with van der Waals surface area (Å²) in [6.07, 6.45) is 0.882. The first-order chi connectivity index (χ1) is 14.5. The lowest BCUT2D eigenvalue weighted by Crippen LogP contribution is -2.39. The van der Waals surface area contributed by atoms with Crippen molar-refractivity contribution in [1.29, 1.82) is 0 Å². The number of morpholine rings is 1. The van der Waals surface area contributed by atoms with Crippen molar-refractivity contribution in [2.75, 3.05) is 44.3 Å². The molecule has 8 heteroatoms. The molecule has 5 nitrogen and oxygen atoms in total. The van der Waals surface area contributed by atoms with E-state index in [0.29, 0.717) is 17.1 Å². The number of ether oxygens (including phenoxy) is 1. The summed E-state index contributed by atoms with van der Waals surface area (Å²) in [5, 5.41) is 1.42. The third-order valence-corrected chi connectivity index (χ3v) is 6.92. The number of rotatable bonds is 6. The van der Waals surface area contributed by atoms with Gasteiger partial charge in [-0.1, -0.05) is 40.6 Å². The van der Waals surface area contributed by atoms with Crippen LogP contribution in [0.1, 0.15) is 27.9 Å². The molecular formula is C23H27Cl2N3O2S. The van der Waals surface area contributed by atoms with Crippen molar-refractivity contribution in [1.82, 2.24) is 9.88 Å². The molecule has 1 amide bonds. The van der Waals surface area contributed by atoms with Crippen molar-refractivity contribution in [2.45, 2.75) is 20.3 Å². The van der Waals surface area contributed by atoms with Crippen molar-refractivity contribution in [3.05, 3.63) is 58.1 Å². The zero-order valence-electron chi connectivity index (χ0n) is 17.8. The molecule has 0 unspecified atom stereocenters. The Morgan fingerprint density at radius 3 is 2.58 bits per heavy atom. The Labute approximate surface area is 198 Å². The van der Waals surface area contributed by atoms with Gasteiger partial charge in [-0.3, -0.25) is 14.6 Å². The summed E-state index contributed by atoms with van der Waals surface area (Å²) in [6.45, 7) is 9.02. The molecule has 4 rings (SSSR count). The number of thiazole rings is 1. The smallest absolute Gasteiger partial charge is 0.260 e. The van der Waals surface area contributed by atoms with Gasteiger partial charge in [-0.2, -0.15) is 0 Å². The molecule has 1 aromatic heterocycles. The number of carbonyl (C=O) groups excluding carboxylic acids is 1.